The predicted molar refractivity (Wildman–Crippen MR) is 103 cm³/mol. The van der Waals surface area contributed by atoms with Crippen LogP contribution in [0.25, 0.3) is 22.4 Å². The number of amides is 1. The zero-order valence-corrected chi connectivity index (χ0v) is 14.8. The molecule has 0 radical (unpaired) electrons. The van der Waals surface area contributed by atoms with Crippen molar-refractivity contribution >= 4 is 34.0 Å². The van der Waals surface area contributed by atoms with Crippen molar-refractivity contribution in [2.24, 2.45) is 0 Å². The molecule has 0 spiro atoms. The molecule has 0 aliphatic rings. The number of carbonyl (C=O) groups is 1. The van der Waals surface area contributed by atoms with Crippen molar-refractivity contribution in [1.82, 2.24) is 14.5 Å². The topological polar surface area (TPSA) is 79.8 Å². The number of imidazole rings is 1. The molecule has 1 amide bonds. The minimum atomic E-state index is -0.240. The maximum atomic E-state index is 12.3. The van der Waals surface area contributed by atoms with Crippen LogP contribution < -0.4 is 10.2 Å². The molecule has 2 N–H and O–H groups in total. The van der Waals surface area contributed by atoms with E-state index in [9.17, 15) is 9.59 Å². The third-order valence-electron chi connectivity index (χ3n) is 4.09. The number of nitrogens with zero attached hydrogens (tertiary/aromatic N) is 2. The highest BCUT2D eigenvalue weighted by Crippen LogP contribution is 2.23. The fraction of sp³-hybridized carbons (Fsp3) is 0.105. The first-order chi connectivity index (χ1) is 12.6. The van der Waals surface area contributed by atoms with Gasteiger partial charge in [0.2, 0.25) is 5.91 Å². The van der Waals surface area contributed by atoms with E-state index in [1.165, 1.54) is 4.57 Å². The Balaban J connectivity index is 1.56. The lowest BCUT2D eigenvalue weighted by molar-refractivity contribution is -0.116. The van der Waals surface area contributed by atoms with Gasteiger partial charge in [0, 0.05) is 22.3 Å². The zero-order chi connectivity index (χ0) is 18.1. The molecule has 0 atom stereocenters. The van der Waals surface area contributed by atoms with Crippen LogP contribution in [0.4, 0.5) is 5.69 Å². The van der Waals surface area contributed by atoms with E-state index in [1.54, 1.807) is 5.38 Å². The summed E-state index contributed by atoms with van der Waals surface area (Å²) < 4.78 is 1.46. The minimum Gasteiger partial charge on any atom is -0.338 e. The first-order valence-electron chi connectivity index (χ1n) is 8.10. The zero-order valence-electron chi connectivity index (χ0n) is 14.0. The fourth-order valence-corrected chi connectivity index (χ4v) is 3.51. The molecule has 0 fully saturated rings. The number of nitrogens with one attached hydrogen (secondary N) is 2. The Kier molecular flexibility index (Phi) is 4.14. The van der Waals surface area contributed by atoms with Crippen LogP contribution in [-0.2, 0) is 11.3 Å². The van der Waals surface area contributed by atoms with Gasteiger partial charge < -0.3 is 10.3 Å². The monoisotopic (exact) mass is 364 g/mol. The van der Waals surface area contributed by atoms with Gasteiger partial charge in [-0.15, -0.1) is 0 Å². The summed E-state index contributed by atoms with van der Waals surface area (Å²) in [7, 11) is 0. The smallest absolute Gasteiger partial charge is 0.307 e. The number of rotatable bonds is 4. The van der Waals surface area contributed by atoms with Gasteiger partial charge in [-0.3, -0.25) is 14.2 Å². The molecule has 0 unspecified atom stereocenters. The van der Waals surface area contributed by atoms with Gasteiger partial charge in [0.05, 0.1) is 11.0 Å². The second-order valence-electron chi connectivity index (χ2n) is 5.96. The molecule has 2 aromatic heterocycles. The van der Waals surface area contributed by atoms with Crippen molar-refractivity contribution in [2.75, 3.05) is 5.32 Å². The Labute approximate surface area is 153 Å². The number of thiazole rings is 1. The fourth-order valence-electron chi connectivity index (χ4n) is 2.77. The largest absolute Gasteiger partial charge is 0.338 e. The molecule has 0 saturated carbocycles. The summed E-state index contributed by atoms with van der Waals surface area (Å²) in [6, 6.07) is 15.3. The van der Waals surface area contributed by atoms with Gasteiger partial charge in [0.25, 0.3) is 0 Å². The number of carbonyl (C=O) groups excluding carboxylic acids is 1. The Hall–Kier alpha value is -3.19. The highest BCUT2D eigenvalue weighted by molar-refractivity contribution is 7.07. The van der Waals surface area contributed by atoms with Crippen LogP contribution in [0.2, 0.25) is 0 Å². The number of benzene rings is 2. The molecular formula is C19H16N4O2S. The number of H-pyrrole nitrogens is 1. The van der Waals surface area contributed by atoms with Crippen LogP contribution >= 0.6 is 11.3 Å². The van der Waals surface area contributed by atoms with Crippen LogP contribution in [0, 0.1) is 6.92 Å². The van der Waals surface area contributed by atoms with Crippen LogP contribution in [-0.4, -0.2) is 20.4 Å². The SMILES string of the molecule is Cc1csc(=O)n1CC(=O)Nc1cccc(-c2nc3ccccc3[nH]2)c1. The van der Waals surface area contributed by atoms with Crippen molar-refractivity contribution in [3.63, 3.8) is 0 Å². The molecule has 26 heavy (non-hydrogen) atoms. The van der Waals surface area contributed by atoms with E-state index in [4.69, 9.17) is 0 Å². The molecular weight excluding hydrogens is 348 g/mol. The third-order valence-corrected chi connectivity index (χ3v) is 4.97. The molecule has 0 saturated heterocycles. The number of para-hydroxylation sites is 2. The number of hydrogen-bond acceptors (Lipinski definition) is 4. The lowest BCUT2D eigenvalue weighted by Crippen LogP contribution is -2.25. The quantitative estimate of drug-likeness (QED) is 0.582. The van der Waals surface area contributed by atoms with E-state index >= 15 is 0 Å². The lowest BCUT2D eigenvalue weighted by atomic mass is 10.2. The molecule has 4 aromatic rings. The van der Waals surface area contributed by atoms with Gasteiger partial charge in [-0.1, -0.05) is 35.6 Å². The Morgan fingerprint density at radius 3 is 2.85 bits per heavy atom. The first-order valence-corrected chi connectivity index (χ1v) is 8.98. The molecule has 0 bridgehead atoms. The molecule has 7 heteroatoms. The van der Waals surface area contributed by atoms with Crippen molar-refractivity contribution in [3.8, 4) is 11.4 Å². The highest BCUT2D eigenvalue weighted by Gasteiger charge is 2.10. The summed E-state index contributed by atoms with van der Waals surface area (Å²) in [5.41, 5.74) is 4.18. The van der Waals surface area contributed by atoms with Crippen LogP contribution in [0.5, 0.6) is 0 Å². The van der Waals surface area contributed by atoms with E-state index in [1.807, 2.05) is 55.5 Å². The van der Waals surface area contributed by atoms with Crippen molar-refractivity contribution in [1.29, 1.82) is 0 Å². The van der Waals surface area contributed by atoms with Gasteiger partial charge in [-0.25, -0.2) is 4.98 Å². The molecule has 130 valence electrons. The van der Waals surface area contributed by atoms with Crippen molar-refractivity contribution in [3.05, 3.63) is 69.3 Å². The third kappa shape index (κ3) is 3.16. The van der Waals surface area contributed by atoms with Crippen molar-refractivity contribution < 1.29 is 4.79 Å². The molecule has 0 aliphatic carbocycles. The maximum absolute atomic E-state index is 12.3. The standard InChI is InChI=1S/C19H16N4O2S/c1-12-11-26-19(25)23(12)10-17(24)20-14-6-4-5-13(9-14)18-21-15-7-2-3-8-16(15)22-18/h2-9,11H,10H2,1H3,(H,20,24)(H,21,22). The normalized spacial score (nSPS) is 11.0. The number of fused-ring (bicyclic) bond motifs is 1. The van der Waals surface area contributed by atoms with Gasteiger partial charge in [0.15, 0.2) is 0 Å². The summed E-state index contributed by atoms with van der Waals surface area (Å²) in [5.74, 6) is 0.502. The second kappa shape index (κ2) is 6.61. The average molecular weight is 364 g/mol. The molecule has 2 heterocycles. The number of hydrogen-bond donors (Lipinski definition) is 2. The van der Waals surface area contributed by atoms with E-state index in [-0.39, 0.29) is 17.3 Å². The molecule has 6 nitrogen and oxygen atoms in total. The molecule has 2 aromatic carbocycles. The minimum absolute atomic E-state index is 0.00301. The second-order valence-corrected chi connectivity index (χ2v) is 6.78. The Bertz CT molecular complexity index is 1120. The van der Waals surface area contributed by atoms with Gasteiger partial charge >= 0.3 is 4.87 Å². The van der Waals surface area contributed by atoms with Crippen LogP contribution in [0.3, 0.4) is 0 Å². The first kappa shape index (κ1) is 16.3. The summed E-state index contributed by atoms with van der Waals surface area (Å²) >= 11 is 1.10. The van der Waals surface area contributed by atoms with Crippen molar-refractivity contribution in [2.45, 2.75) is 13.5 Å². The van der Waals surface area contributed by atoms with E-state index in [0.717, 1.165) is 39.5 Å². The average Bonchev–Trinajstić information content (AvgIpc) is 3.20. The van der Waals surface area contributed by atoms with Crippen LogP contribution in [0.15, 0.2) is 58.7 Å². The summed E-state index contributed by atoms with van der Waals surface area (Å²) in [4.78, 5) is 31.7. The van der Waals surface area contributed by atoms with Gasteiger partial charge in [-0.05, 0) is 31.2 Å². The maximum Gasteiger partial charge on any atom is 0.307 e. The molecule has 0 aliphatic heterocycles. The Morgan fingerprint density at radius 2 is 2.08 bits per heavy atom. The number of aromatic nitrogens is 3. The van der Waals surface area contributed by atoms with Gasteiger partial charge in [-0.2, -0.15) is 0 Å². The van der Waals surface area contributed by atoms with E-state index < -0.39 is 0 Å². The Morgan fingerprint density at radius 1 is 1.23 bits per heavy atom. The van der Waals surface area contributed by atoms with E-state index in [0.29, 0.717) is 5.69 Å². The highest BCUT2D eigenvalue weighted by atomic mass is 32.1. The van der Waals surface area contributed by atoms with E-state index in [2.05, 4.69) is 15.3 Å². The summed E-state index contributed by atoms with van der Waals surface area (Å²) in [6.07, 6.45) is 0. The summed E-state index contributed by atoms with van der Waals surface area (Å²) in [5, 5.41) is 4.59. The number of aromatic amines is 1. The van der Waals surface area contributed by atoms with Crippen LogP contribution in [0.1, 0.15) is 5.69 Å². The predicted octanol–water partition coefficient (Wildman–Crippen LogP) is 3.40. The lowest BCUT2D eigenvalue weighted by Gasteiger charge is -2.08. The molecule has 4 rings (SSSR count). The summed E-state index contributed by atoms with van der Waals surface area (Å²) in [6.45, 7) is 1.82. The number of aryl methyl sites for hydroxylation is 1. The van der Waals surface area contributed by atoms with Gasteiger partial charge in [0.1, 0.15) is 12.4 Å². The number of anilines is 1.